The molecule has 0 saturated carbocycles. The molecule has 0 aliphatic carbocycles. The second kappa shape index (κ2) is 2.70. The van der Waals surface area contributed by atoms with Crippen molar-refractivity contribution < 1.29 is 0 Å². The molecule has 0 bridgehead atoms. The molecule has 0 spiro atoms. The zero-order chi connectivity index (χ0) is 6.85. The molecule has 0 amide bonds. The first-order valence-electron chi connectivity index (χ1n) is 4.03. The predicted molar refractivity (Wildman–Crippen MR) is 40.5 cm³/mol. The van der Waals surface area contributed by atoms with E-state index in [1.807, 2.05) is 0 Å². The van der Waals surface area contributed by atoms with Gasteiger partial charge < -0.3 is 0 Å². The maximum atomic E-state index is 2.55. The Bertz CT molecular complexity index is 82.6. The molecule has 54 valence electrons. The molecule has 1 heterocycles. The van der Waals surface area contributed by atoms with Crippen LogP contribution in [0.4, 0.5) is 0 Å². The van der Waals surface area contributed by atoms with Crippen molar-refractivity contribution in [3.05, 3.63) is 0 Å². The van der Waals surface area contributed by atoms with Gasteiger partial charge in [0.25, 0.3) is 0 Å². The Labute approximate surface area is 58.0 Å². The predicted octanol–water partition coefficient (Wildman–Crippen LogP) is 1.88. The minimum absolute atomic E-state index is 0.872. The molecule has 0 unspecified atom stereocenters. The van der Waals surface area contributed by atoms with Crippen molar-refractivity contribution in [3.63, 3.8) is 0 Å². The molecule has 1 heteroatoms. The van der Waals surface area contributed by atoms with Crippen LogP contribution in [-0.4, -0.2) is 23.5 Å². The van der Waals surface area contributed by atoms with Crippen LogP contribution in [0.1, 0.15) is 33.6 Å². The van der Waals surface area contributed by atoms with E-state index in [4.69, 9.17) is 0 Å². The summed E-state index contributed by atoms with van der Waals surface area (Å²) in [5, 5.41) is 0. The summed E-state index contributed by atoms with van der Waals surface area (Å²) >= 11 is 0. The average Bonchev–Trinajstić information content (AvgIpc) is 2.39. The highest BCUT2D eigenvalue weighted by molar-refractivity contribution is 4.94. The van der Waals surface area contributed by atoms with E-state index in [0.717, 1.165) is 12.1 Å². The van der Waals surface area contributed by atoms with Gasteiger partial charge in [0, 0.05) is 12.1 Å². The van der Waals surface area contributed by atoms with E-state index in [1.165, 1.54) is 19.4 Å². The van der Waals surface area contributed by atoms with Crippen molar-refractivity contribution >= 4 is 0 Å². The van der Waals surface area contributed by atoms with Crippen LogP contribution in [0.5, 0.6) is 0 Å². The Kier molecular flexibility index (Phi) is 2.12. The van der Waals surface area contributed by atoms with Gasteiger partial charge in [-0.15, -0.1) is 0 Å². The molecule has 0 aromatic rings. The Balaban J connectivity index is 2.04. The second-order valence-corrected chi connectivity index (χ2v) is 3.07. The number of hydrogen-bond donors (Lipinski definition) is 0. The molecule has 0 N–H and O–H groups in total. The topological polar surface area (TPSA) is 3.01 Å². The fourth-order valence-electron chi connectivity index (χ4n) is 1.33. The zero-order valence-corrected chi connectivity index (χ0v) is 6.72. The lowest BCUT2D eigenvalue weighted by Gasteiger charge is -1.97. The molecule has 1 saturated heterocycles. The van der Waals surface area contributed by atoms with Crippen molar-refractivity contribution in [2.75, 3.05) is 6.54 Å². The second-order valence-electron chi connectivity index (χ2n) is 3.07. The minimum atomic E-state index is 0.872. The third-order valence-electron chi connectivity index (χ3n) is 2.42. The molecular formula is C8H17N. The summed E-state index contributed by atoms with van der Waals surface area (Å²) in [6.45, 7) is 8.18. The summed E-state index contributed by atoms with van der Waals surface area (Å²) in [4.78, 5) is 2.55. The summed E-state index contributed by atoms with van der Waals surface area (Å²) < 4.78 is 0. The highest BCUT2D eigenvalue weighted by atomic mass is 15.3. The highest BCUT2D eigenvalue weighted by Gasteiger charge is 2.38. The van der Waals surface area contributed by atoms with Crippen LogP contribution in [0, 0.1) is 0 Å². The van der Waals surface area contributed by atoms with Crippen molar-refractivity contribution in [1.29, 1.82) is 0 Å². The average molecular weight is 127 g/mol. The number of hydrogen-bond acceptors (Lipinski definition) is 1. The highest BCUT2D eigenvalue weighted by Crippen LogP contribution is 2.26. The van der Waals surface area contributed by atoms with Gasteiger partial charge in [-0.2, -0.15) is 0 Å². The standard InChI is InChI=1S/C8H17N/c1-4-5-6-9-7(2)8(9)3/h7-8H,4-6H2,1-3H3/t7-,8-/m1/s1. The normalized spacial score (nSPS) is 41.0. The third-order valence-corrected chi connectivity index (χ3v) is 2.42. The number of unbranched alkanes of at least 4 members (excludes halogenated alkanes) is 1. The molecule has 1 aliphatic rings. The van der Waals surface area contributed by atoms with Crippen LogP contribution >= 0.6 is 0 Å². The first-order chi connectivity index (χ1) is 4.27. The van der Waals surface area contributed by atoms with Gasteiger partial charge in [-0.3, -0.25) is 4.90 Å². The quantitative estimate of drug-likeness (QED) is 0.523. The molecule has 0 radical (unpaired) electrons. The summed E-state index contributed by atoms with van der Waals surface area (Å²) in [6.07, 6.45) is 2.70. The molecule has 1 nitrogen and oxygen atoms in total. The fraction of sp³-hybridized carbons (Fsp3) is 1.00. The number of nitrogens with zero attached hydrogens (tertiary/aromatic N) is 1. The van der Waals surface area contributed by atoms with Gasteiger partial charge in [0.2, 0.25) is 0 Å². The van der Waals surface area contributed by atoms with E-state index in [0.29, 0.717) is 0 Å². The maximum absolute atomic E-state index is 2.55. The minimum Gasteiger partial charge on any atom is -0.295 e. The molecule has 1 aliphatic heterocycles. The van der Waals surface area contributed by atoms with Crippen molar-refractivity contribution in [2.45, 2.75) is 45.7 Å². The largest absolute Gasteiger partial charge is 0.295 e. The van der Waals surface area contributed by atoms with E-state index in [-0.39, 0.29) is 0 Å². The van der Waals surface area contributed by atoms with Gasteiger partial charge in [0.15, 0.2) is 0 Å². The third kappa shape index (κ3) is 1.45. The fourth-order valence-corrected chi connectivity index (χ4v) is 1.33. The lowest BCUT2D eigenvalue weighted by Crippen LogP contribution is -2.02. The van der Waals surface area contributed by atoms with E-state index in [9.17, 15) is 0 Å². The van der Waals surface area contributed by atoms with E-state index in [1.54, 1.807) is 0 Å². The van der Waals surface area contributed by atoms with Gasteiger partial charge in [-0.25, -0.2) is 0 Å². The van der Waals surface area contributed by atoms with Crippen LogP contribution < -0.4 is 0 Å². The van der Waals surface area contributed by atoms with E-state index in [2.05, 4.69) is 25.7 Å². The lowest BCUT2D eigenvalue weighted by atomic mass is 10.3. The van der Waals surface area contributed by atoms with Gasteiger partial charge in [-0.05, 0) is 26.8 Å². The zero-order valence-electron chi connectivity index (χ0n) is 6.72. The summed E-state index contributed by atoms with van der Waals surface area (Å²) in [5.41, 5.74) is 0. The summed E-state index contributed by atoms with van der Waals surface area (Å²) in [6, 6.07) is 1.74. The van der Waals surface area contributed by atoms with Crippen LogP contribution in [0.3, 0.4) is 0 Å². The first kappa shape index (κ1) is 7.07. The van der Waals surface area contributed by atoms with Gasteiger partial charge in [-0.1, -0.05) is 13.3 Å². The van der Waals surface area contributed by atoms with Gasteiger partial charge in [0.1, 0.15) is 0 Å². The van der Waals surface area contributed by atoms with Gasteiger partial charge in [0.05, 0.1) is 0 Å². The Hall–Kier alpha value is -0.0400. The van der Waals surface area contributed by atoms with Crippen LogP contribution in [0.2, 0.25) is 0 Å². The molecule has 1 rings (SSSR count). The molecule has 9 heavy (non-hydrogen) atoms. The Morgan fingerprint density at radius 2 is 1.78 bits per heavy atom. The summed E-state index contributed by atoms with van der Waals surface area (Å²) in [5.74, 6) is 0. The van der Waals surface area contributed by atoms with Crippen molar-refractivity contribution in [2.24, 2.45) is 0 Å². The molecular weight excluding hydrogens is 110 g/mol. The first-order valence-corrected chi connectivity index (χ1v) is 4.03. The SMILES string of the molecule is CCCCN1[C@H](C)[C@H]1C. The molecule has 0 aromatic heterocycles. The van der Waals surface area contributed by atoms with E-state index < -0.39 is 0 Å². The summed E-state index contributed by atoms with van der Waals surface area (Å²) in [7, 11) is 0. The maximum Gasteiger partial charge on any atom is 0.0224 e. The van der Waals surface area contributed by atoms with Crippen LogP contribution in [0.25, 0.3) is 0 Å². The van der Waals surface area contributed by atoms with Crippen LogP contribution in [-0.2, 0) is 0 Å². The number of rotatable bonds is 3. The lowest BCUT2D eigenvalue weighted by molar-refractivity contribution is 0.474. The molecule has 2 atom stereocenters. The molecule has 0 aromatic carbocycles. The monoisotopic (exact) mass is 127 g/mol. The Morgan fingerprint density at radius 3 is 2.11 bits per heavy atom. The van der Waals surface area contributed by atoms with Crippen LogP contribution in [0.15, 0.2) is 0 Å². The Morgan fingerprint density at radius 1 is 1.22 bits per heavy atom. The van der Waals surface area contributed by atoms with E-state index >= 15 is 0 Å². The van der Waals surface area contributed by atoms with Gasteiger partial charge >= 0.3 is 0 Å². The molecule has 1 fully saturated rings. The van der Waals surface area contributed by atoms with Crippen molar-refractivity contribution in [3.8, 4) is 0 Å². The van der Waals surface area contributed by atoms with Crippen molar-refractivity contribution in [1.82, 2.24) is 4.90 Å². The smallest absolute Gasteiger partial charge is 0.0224 e.